The molecule has 0 unspecified atom stereocenters. The van der Waals surface area contributed by atoms with Crippen molar-refractivity contribution in [1.29, 1.82) is 0 Å². The number of rotatable bonds is 3. The third-order valence-electron chi connectivity index (χ3n) is 4.47. The zero-order valence-electron chi connectivity index (χ0n) is 12.9. The molecule has 1 saturated carbocycles. The number of hydrogen-bond acceptors (Lipinski definition) is 5. The van der Waals surface area contributed by atoms with Gasteiger partial charge >= 0.3 is 0 Å². The summed E-state index contributed by atoms with van der Waals surface area (Å²) < 4.78 is 5.25. The molecule has 1 aliphatic heterocycles. The number of hydrogen-bond donors (Lipinski definition) is 2. The predicted molar refractivity (Wildman–Crippen MR) is 82.0 cm³/mol. The monoisotopic (exact) mass is 314 g/mol. The number of aryl methyl sites for hydroxylation is 1. The lowest BCUT2D eigenvalue weighted by molar-refractivity contribution is -0.124. The maximum Gasteiger partial charge on any atom is 0.259 e. The van der Waals surface area contributed by atoms with Crippen molar-refractivity contribution in [3.63, 3.8) is 0 Å². The number of amides is 2. The Kier molecular flexibility index (Phi) is 3.28. The third kappa shape index (κ3) is 2.56. The van der Waals surface area contributed by atoms with Crippen molar-refractivity contribution < 1.29 is 14.1 Å². The number of pyridine rings is 1. The maximum atomic E-state index is 12.7. The van der Waals surface area contributed by atoms with Crippen LogP contribution < -0.4 is 10.6 Å². The van der Waals surface area contributed by atoms with E-state index in [2.05, 4.69) is 20.8 Å². The fourth-order valence-electron chi connectivity index (χ4n) is 3.03. The molecule has 120 valence electrons. The van der Waals surface area contributed by atoms with Crippen LogP contribution in [0.1, 0.15) is 53.3 Å². The van der Waals surface area contributed by atoms with E-state index in [1.165, 1.54) is 0 Å². The average molecular weight is 314 g/mol. The summed E-state index contributed by atoms with van der Waals surface area (Å²) in [7, 11) is 0. The van der Waals surface area contributed by atoms with Crippen molar-refractivity contribution in [3.8, 4) is 0 Å². The smallest absolute Gasteiger partial charge is 0.259 e. The Labute approximate surface area is 132 Å². The van der Waals surface area contributed by atoms with Crippen LogP contribution in [-0.2, 0) is 4.79 Å². The van der Waals surface area contributed by atoms with Crippen molar-refractivity contribution in [2.75, 3.05) is 6.54 Å². The Hall–Kier alpha value is -2.44. The number of carbonyl (C=O) groups excluding carboxylic acids is 2. The van der Waals surface area contributed by atoms with E-state index >= 15 is 0 Å². The lowest BCUT2D eigenvalue weighted by Crippen LogP contribution is -2.50. The summed E-state index contributed by atoms with van der Waals surface area (Å²) in [6.07, 6.45) is 3.68. The lowest BCUT2D eigenvalue weighted by atomic mass is 10.0. The number of nitrogens with zero attached hydrogens (tertiary/aromatic N) is 2. The Balaban J connectivity index is 1.69. The third-order valence-corrected chi connectivity index (χ3v) is 4.47. The van der Waals surface area contributed by atoms with Crippen LogP contribution in [0.4, 0.5) is 0 Å². The van der Waals surface area contributed by atoms with E-state index in [9.17, 15) is 9.59 Å². The molecule has 3 heterocycles. The fraction of sp³-hybridized carbons (Fsp3) is 0.500. The fourth-order valence-corrected chi connectivity index (χ4v) is 3.03. The zero-order chi connectivity index (χ0) is 16.0. The molecule has 0 spiro atoms. The first-order valence-electron chi connectivity index (χ1n) is 7.99. The quantitative estimate of drug-likeness (QED) is 0.893. The van der Waals surface area contributed by atoms with Gasteiger partial charge in [0.2, 0.25) is 5.91 Å². The van der Waals surface area contributed by atoms with Crippen molar-refractivity contribution in [1.82, 2.24) is 20.8 Å². The highest BCUT2D eigenvalue weighted by atomic mass is 16.5. The average Bonchev–Trinajstić information content (AvgIpc) is 3.33. The molecule has 0 radical (unpaired) electrons. The first kappa shape index (κ1) is 14.2. The second-order valence-corrected chi connectivity index (χ2v) is 6.28. The highest BCUT2D eigenvalue weighted by Crippen LogP contribution is 2.40. The van der Waals surface area contributed by atoms with Crippen LogP contribution in [0.3, 0.4) is 0 Å². The van der Waals surface area contributed by atoms with Crippen LogP contribution in [0, 0.1) is 6.92 Å². The molecule has 23 heavy (non-hydrogen) atoms. The maximum absolute atomic E-state index is 12.7. The van der Waals surface area contributed by atoms with Gasteiger partial charge in [-0.3, -0.25) is 9.59 Å². The highest BCUT2D eigenvalue weighted by molar-refractivity contribution is 6.07. The molecular formula is C16H18N4O3. The van der Waals surface area contributed by atoms with Crippen LogP contribution in [0.25, 0.3) is 11.1 Å². The van der Waals surface area contributed by atoms with Gasteiger partial charge in [-0.15, -0.1) is 0 Å². The Morgan fingerprint density at radius 1 is 1.39 bits per heavy atom. The first-order valence-corrected chi connectivity index (χ1v) is 7.99. The predicted octanol–water partition coefficient (Wildman–Crippen LogP) is 1.42. The van der Waals surface area contributed by atoms with Gasteiger partial charge in [0, 0.05) is 18.2 Å². The normalized spacial score (nSPS) is 21.3. The summed E-state index contributed by atoms with van der Waals surface area (Å²) in [5.74, 6) is 0.00124. The van der Waals surface area contributed by atoms with Gasteiger partial charge < -0.3 is 15.2 Å². The van der Waals surface area contributed by atoms with Crippen molar-refractivity contribution >= 4 is 22.9 Å². The van der Waals surface area contributed by atoms with Crippen molar-refractivity contribution in [2.24, 2.45) is 0 Å². The van der Waals surface area contributed by atoms with Gasteiger partial charge in [0.15, 0.2) is 0 Å². The summed E-state index contributed by atoms with van der Waals surface area (Å²) in [6.45, 7) is 2.45. The van der Waals surface area contributed by atoms with Crippen molar-refractivity contribution in [2.45, 2.75) is 44.6 Å². The van der Waals surface area contributed by atoms with Gasteiger partial charge in [-0.25, -0.2) is 4.98 Å². The van der Waals surface area contributed by atoms with E-state index in [-0.39, 0.29) is 11.8 Å². The van der Waals surface area contributed by atoms with E-state index < -0.39 is 6.04 Å². The molecule has 2 fully saturated rings. The van der Waals surface area contributed by atoms with E-state index in [1.54, 1.807) is 6.92 Å². The SMILES string of the molecule is Cc1noc2nc(C3CC3)cc(C(=O)N[C@@H]3CCCNC3=O)c12. The minimum atomic E-state index is -0.482. The minimum Gasteiger partial charge on any atom is -0.354 e. The van der Waals surface area contributed by atoms with E-state index in [0.717, 1.165) is 25.0 Å². The summed E-state index contributed by atoms with van der Waals surface area (Å²) in [5, 5.41) is 10.2. The molecular weight excluding hydrogens is 296 g/mol. The topological polar surface area (TPSA) is 97.1 Å². The molecule has 2 aromatic heterocycles. The van der Waals surface area contributed by atoms with E-state index in [1.807, 2.05) is 6.07 Å². The molecule has 7 nitrogen and oxygen atoms in total. The van der Waals surface area contributed by atoms with Crippen LogP contribution in [0.5, 0.6) is 0 Å². The first-order chi connectivity index (χ1) is 11.1. The second-order valence-electron chi connectivity index (χ2n) is 6.28. The zero-order valence-corrected chi connectivity index (χ0v) is 12.9. The Morgan fingerprint density at radius 3 is 2.96 bits per heavy atom. The number of fused-ring (bicyclic) bond motifs is 1. The number of nitrogens with one attached hydrogen (secondary N) is 2. The summed E-state index contributed by atoms with van der Waals surface area (Å²) in [4.78, 5) is 29.1. The molecule has 1 aliphatic carbocycles. The Bertz CT molecular complexity index is 794. The summed E-state index contributed by atoms with van der Waals surface area (Å²) in [6, 6.07) is 1.34. The summed E-state index contributed by atoms with van der Waals surface area (Å²) in [5.41, 5.74) is 2.39. The molecule has 2 aliphatic rings. The highest BCUT2D eigenvalue weighted by Gasteiger charge is 2.30. The number of piperidine rings is 1. The largest absolute Gasteiger partial charge is 0.354 e. The van der Waals surface area contributed by atoms with Crippen LogP contribution in [0.15, 0.2) is 10.6 Å². The van der Waals surface area contributed by atoms with E-state index in [0.29, 0.717) is 41.2 Å². The molecule has 0 aromatic carbocycles. The number of aromatic nitrogens is 2. The molecule has 2 aromatic rings. The molecule has 0 bridgehead atoms. The second kappa shape index (κ2) is 5.33. The van der Waals surface area contributed by atoms with Gasteiger partial charge in [0.05, 0.1) is 16.6 Å². The molecule has 1 saturated heterocycles. The number of carbonyl (C=O) groups is 2. The van der Waals surface area contributed by atoms with Crippen LogP contribution >= 0.6 is 0 Å². The van der Waals surface area contributed by atoms with Gasteiger partial charge in [0.1, 0.15) is 6.04 Å². The van der Waals surface area contributed by atoms with Crippen molar-refractivity contribution in [3.05, 3.63) is 23.0 Å². The van der Waals surface area contributed by atoms with Gasteiger partial charge in [-0.1, -0.05) is 5.16 Å². The summed E-state index contributed by atoms with van der Waals surface area (Å²) >= 11 is 0. The van der Waals surface area contributed by atoms with E-state index in [4.69, 9.17) is 4.52 Å². The minimum absolute atomic E-state index is 0.126. The lowest BCUT2D eigenvalue weighted by Gasteiger charge is -2.22. The van der Waals surface area contributed by atoms with Gasteiger partial charge in [-0.2, -0.15) is 0 Å². The molecule has 7 heteroatoms. The van der Waals surface area contributed by atoms with Crippen LogP contribution in [-0.4, -0.2) is 34.5 Å². The molecule has 2 amide bonds. The molecule has 4 rings (SSSR count). The van der Waals surface area contributed by atoms with Crippen LogP contribution in [0.2, 0.25) is 0 Å². The molecule has 2 N–H and O–H groups in total. The molecule has 1 atom stereocenters. The van der Waals surface area contributed by atoms with Gasteiger partial charge in [-0.05, 0) is 38.7 Å². The standard InChI is InChI=1S/C16H18N4O3/c1-8-13-10(14(21)18-11-3-2-6-17-15(11)22)7-12(9-4-5-9)19-16(13)23-20-8/h7,9,11H,2-6H2,1H3,(H,17,22)(H,18,21)/t11-/m1/s1. The van der Waals surface area contributed by atoms with Gasteiger partial charge in [0.25, 0.3) is 11.6 Å². The Morgan fingerprint density at radius 2 is 2.22 bits per heavy atom.